The van der Waals surface area contributed by atoms with Crippen molar-refractivity contribution in [2.45, 2.75) is 32.2 Å². The average molecular weight is 416 g/mol. The number of nitrogens with one attached hydrogen (secondary N) is 1. The minimum Gasteiger partial charge on any atom is -0.328 e. The van der Waals surface area contributed by atoms with E-state index in [9.17, 15) is 13.6 Å². The number of hydrogen-bond acceptors (Lipinski definition) is 2. The summed E-state index contributed by atoms with van der Waals surface area (Å²) in [6, 6.07) is 15.9. The highest BCUT2D eigenvalue weighted by atomic mass is 32.1. The van der Waals surface area contributed by atoms with E-state index in [1.807, 2.05) is 22.8 Å². The Morgan fingerprint density at radius 1 is 1.03 bits per heavy atom. The fraction of sp³-hybridized carbons (Fsp3) is 0.261. The maximum absolute atomic E-state index is 13.8. The first-order valence-electron chi connectivity index (χ1n) is 9.70. The van der Waals surface area contributed by atoms with Crippen LogP contribution in [-0.2, 0) is 4.79 Å². The number of hydrogen-bond donors (Lipinski definition) is 2. The molecule has 6 heteroatoms. The molecule has 2 atom stereocenters. The summed E-state index contributed by atoms with van der Waals surface area (Å²) < 4.78 is 27.5. The zero-order valence-electron chi connectivity index (χ0n) is 16.5. The third-order valence-corrected chi connectivity index (χ3v) is 6.05. The zero-order valence-corrected chi connectivity index (χ0v) is 17.3. The van der Waals surface area contributed by atoms with E-state index >= 15 is 0 Å². The molecule has 3 rings (SSSR count). The molecule has 0 aliphatic carbocycles. The Kier molecular flexibility index (Phi) is 7.12. The number of para-hydroxylation sites is 1. The predicted molar refractivity (Wildman–Crippen MR) is 113 cm³/mol. The molecule has 1 amide bonds. The van der Waals surface area contributed by atoms with Crippen molar-refractivity contribution in [3.63, 3.8) is 0 Å². The lowest BCUT2D eigenvalue weighted by Crippen LogP contribution is -2.87. The van der Waals surface area contributed by atoms with Crippen molar-refractivity contribution in [2.75, 3.05) is 11.9 Å². The largest absolute Gasteiger partial charge is 0.328 e. The Labute approximate surface area is 173 Å². The Bertz CT molecular complexity index is 922. The molecule has 3 aromatic rings. The van der Waals surface area contributed by atoms with Gasteiger partial charge in [0.25, 0.3) is 5.91 Å². The van der Waals surface area contributed by atoms with E-state index in [0.717, 1.165) is 29.0 Å². The molecule has 3 N–H and O–H groups in total. The summed E-state index contributed by atoms with van der Waals surface area (Å²) in [5.41, 5.74) is 1.97. The van der Waals surface area contributed by atoms with Gasteiger partial charge in [0.15, 0.2) is 6.54 Å². The number of carbonyl (C=O) groups excluding carboxylic acids is 1. The van der Waals surface area contributed by atoms with Crippen molar-refractivity contribution >= 4 is 22.9 Å². The summed E-state index contributed by atoms with van der Waals surface area (Å²) in [7, 11) is 0. The van der Waals surface area contributed by atoms with Crippen LogP contribution in [0.25, 0.3) is 0 Å². The van der Waals surface area contributed by atoms with Crippen LogP contribution in [0.4, 0.5) is 14.5 Å². The smallest absolute Gasteiger partial charge is 0.279 e. The van der Waals surface area contributed by atoms with Crippen LogP contribution in [0.1, 0.15) is 48.2 Å². The second-order valence-electron chi connectivity index (χ2n) is 7.05. The second kappa shape index (κ2) is 9.76. The zero-order chi connectivity index (χ0) is 20.8. The Morgan fingerprint density at radius 3 is 2.28 bits per heavy atom. The van der Waals surface area contributed by atoms with E-state index in [1.54, 1.807) is 11.3 Å². The first-order chi connectivity index (χ1) is 14.0. The van der Waals surface area contributed by atoms with Crippen molar-refractivity contribution in [3.8, 4) is 0 Å². The molecule has 0 radical (unpaired) electrons. The number of thiophene rings is 1. The van der Waals surface area contributed by atoms with Crippen LogP contribution < -0.4 is 10.6 Å². The monoisotopic (exact) mass is 415 g/mol. The van der Waals surface area contributed by atoms with Gasteiger partial charge < -0.3 is 10.6 Å². The number of benzene rings is 2. The highest BCUT2D eigenvalue weighted by Crippen LogP contribution is 2.25. The third-order valence-electron chi connectivity index (χ3n) is 5.09. The maximum atomic E-state index is 13.8. The van der Waals surface area contributed by atoms with E-state index in [4.69, 9.17) is 0 Å². The van der Waals surface area contributed by atoms with Gasteiger partial charge in [0.1, 0.15) is 23.4 Å². The van der Waals surface area contributed by atoms with Crippen LogP contribution in [0, 0.1) is 11.6 Å². The van der Waals surface area contributed by atoms with Gasteiger partial charge in [-0.3, -0.25) is 4.79 Å². The lowest BCUT2D eigenvalue weighted by molar-refractivity contribution is -0.675. The van der Waals surface area contributed by atoms with Crippen molar-refractivity contribution < 1.29 is 18.9 Å². The summed E-state index contributed by atoms with van der Waals surface area (Å²) in [6.07, 6.45) is 1.08. The normalized spacial score (nSPS) is 13.1. The molecule has 1 aromatic heterocycles. The predicted octanol–water partition coefficient (Wildman–Crippen LogP) is 4.83. The quantitative estimate of drug-likeness (QED) is 0.544. The summed E-state index contributed by atoms with van der Waals surface area (Å²) in [5.74, 6) is -1.52. The number of rotatable bonds is 8. The van der Waals surface area contributed by atoms with Gasteiger partial charge in [0.05, 0.1) is 4.88 Å². The minimum absolute atomic E-state index is 0.0451. The molecule has 2 aromatic carbocycles. The van der Waals surface area contributed by atoms with E-state index in [0.29, 0.717) is 5.92 Å². The molecule has 0 fully saturated rings. The lowest BCUT2D eigenvalue weighted by atomic mass is 9.95. The van der Waals surface area contributed by atoms with Gasteiger partial charge in [-0.25, -0.2) is 8.78 Å². The number of nitrogens with two attached hydrogens (primary N) is 1. The fourth-order valence-corrected chi connectivity index (χ4v) is 4.04. The van der Waals surface area contributed by atoms with Gasteiger partial charge in [0, 0.05) is 5.56 Å². The van der Waals surface area contributed by atoms with Crippen molar-refractivity contribution in [3.05, 3.63) is 87.6 Å². The number of quaternary nitrogens is 1. The van der Waals surface area contributed by atoms with Crippen molar-refractivity contribution in [1.82, 2.24) is 0 Å². The van der Waals surface area contributed by atoms with Gasteiger partial charge in [-0.1, -0.05) is 50.2 Å². The summed E-state index contributed by atoms with van der Waals surface area (Å²) in [5, 5.41) is 6.23. The number of amides is 1. The molecule has 0 spiro atoms. The first kappa shape index (κ1) is 21.1. The Morgan fingerprint density at radius 2 is 1.69 bits per heavy atom. The van der Waals surface area contributed by atoms with E-state index in [1.165, 1.54) is 11.6 Å². The molecule has 0 bridgehead atoms. The number of halogens is 2. The molecule has 152 valence electrons. The Balaban J connectivity index is 1.73. The molecule has 3 nitrogen and oxygen atoms in total. The van der Waals surface area contributed by atoms with E-state index in [2.05, 4.69) is 43.4 Å². The molecule has 1 heterocycles. The molecule has 0 unspecified atom stereocenters. The minimum atomic E-state index is -0.784. The molecule has 0 saturated heterocycles. The van der Waals surface area contributed by atoms with Crippen molar-refractivity contribution in [1.29, 1.82) is 0 Å². The van der Waals surface area contributed by atoms with Gasteiger partial charge in [-0.05, 0) is 41.5 Å². The molecule has 0 aliphatic heterocycles. The number of carbonyl (C=O) groups is 1. The van der Waals surface area contributed by atoms with Gasteiger partial charge >= 0.3 is 0 Å². The SMILES string of the molecule is CC[C@H](C)c1ccc([C@@H]([NH2+]CC(=O)Nc2c(F)cccc2F)c2cccs2)cc1. The van der Waals surface area contributed by atoms with Gasteiger partial charge in [-0.2, -0.15) is 0 Å². The van der Waals surface area contributed by atoms with Crippen LogP contribution in [0.3, 0.4) is 0 Å². The molecule has 0 aliphatic rings. The first-order valence-corrected chi connectivity index (χ1v) is 10.6. The van der Waals surface area contributed by atoms with Crippen molar-refractivity contribution in [2.24, 2.45) is 0 Å². The fourth-order valence-electron chi connectivity index (χ4n) is 3.18. The average Bonchev–Trinajstić information content (AvgIpc) is 3.25. The Hall–Kier alpha value is -2.57. The van der Waals surface area contributed by atoms with Crippen LogP contribution in [-0.4, -0.2) is 12.5 Å². The highest BCUT2D eigenvalue weighted by Gasteiger charge is 2.21. The van der Waals surface area contributed by atoms with Gasteiger partial charge in [-0.15, -0.1) is 11.3 Å². The van der Waals surface area contributed by atoms with E-state index in [-0.39, 0.29) is 12.6 Å². The summed E-state index contributed by atoms with van der Waals surface area (Å²) >= 11 is 1.62. The molecular weight excluding hydrogens is 390 g/mol. The van der Waals surface area contributed by atoms with Crippen LogP contribution >= 0.6 is 11.3 Å². The molecular formula is C23H25F2N2OS+. The standard InChI is InChI=1S/C23H24F2N2OS/c1-3-15(2)16-9-11-17(12-10-16)22(20-8-5-13-29-20)26-14-21(28)27-23-18(24)6-4-7-19(23)25/h4-13,15,22,26H,3,14H2,1-2H3,(H,27,28)/p+1/t15-,22+/m0/s1. The van der Waals surface area contributed by atoms with Crippen LogP contribution in [0.15, 0.2) is 60.0 Å². The number of anilines is 1. The van der Waals surface area contributed by atoms with E-state index < -0.39 is 23.2 Å². The highest BCUT2D eigenvalue weighted by molar-refractivity contribution is 7.10. The van der Waals surface area contributed by atoms with Crippen LogP contribution in [0.5, 0.6) is 0 Å². The lowest BCUT2D eigenvalue weighted by Gasteiger charge is -2.16. The molecule has 0 saturated carbocycles. The summed E-state index contributed by atoms with van der Waals surface area (Å²) in [4.78, 5) is 13.4. The topological polar surface area (TPSA) is 45.7 Å². The second-order valence-corrected chi connectivity index (χ2v) is 8.03. The van der Waals surface area contributed by atoms with Crippen LogP contribution in [0.2, 0.25) is 0 Å². The third kappa shape index (κ3) is 5.28. The summed E-state index contributed by atoms with van der Waals surface area (Å²) in [6.45, 7) is 4.41. The maximum Gasteiger partial charge on any atom is 0.279 e. The molecule has 29 heavy (non-hydrogen) atoms. The van der Waals surface area contributed by atoms with Gasteiger partial charge in [0.2, 0.25) is 0 Å².